The van der Waals surface area contributed by atoms with E-state index in [0.29, 0.717) is 34.1 Å². The van der Waals surface area contributed by atoms with Gasteiger partial charge in [-0.3, -0.25) is 48.7 Å². The Bertz CT molecular complexity index is 4380. The zero-order valence-corrected chi connectivity index (χ0v) is 71.0. The standard InChI is InChI=1S/2C12H8N2.6C10H11NO3.2La.2H2O/c2*1-3-9-5-6-10-4-2-8-14-12(10)11(9)13-7-1;6*1-8(12)11(7-10(13)14)9-5-3-2-4-6-9;;;;/h2*1-8H;6*2-6H,7H2,1H3,(H,13,14);;;2*1H2/q;;;;;;;;2*+3;;/p-6. The molecule has 0 saturated heterocycles. The van der Waals surface area contributed by atoms with Crippen LogP contribution in [-0.4, -0.2) is 141 Å². The fraction of sp³-hybridized carbons (Fsp3) is 0.143. The Labute approximate surface area is 723 Å². The van der Waals surface area contributed by atoms with Gasteiger partial charge in [0.05, 0.1) is 97.2 Å². The number of carbonyl (C=O) groups is 12. The number of rotatable bonds is 18. The van der Waals surface area contributed by atoms with E-state index >= 15 is 0 Å². The van der Waals surface area contributed by atoms with Crippen LogP contribution >= 0.6 is 0 Å². The number of aliphatic carboxylic acids is 6. The molecule has 0 fully saturated rings. The zero-order chi connectivity index (χ0) is 82.1. The third kappa shape index (κ3) is 35.6. The molecule has 32 heteroatoms. The van der Waals surface area contributed by atoms with Gasteiger partial charge in [-0.25, -0.2) is 0 Å². The number of amides is 6. The molecular weight excluding hydrogens is 1750 g/mol. The van der Waals surface area contributed by atoms with E-state index in [1.54, 1.807) is 207 Å². The number of hydrogen-bond acceptors (Lipinski definition) is 22. The molecule has 30 nitrogen and oxygen atoms in total. The van der Waals surface area contributed by atoms with Crippen molar-refractivity contribution in [2.24, 2.45) is 0 Å². The molecule has 0 radical (unpaired) electrons. The first-order chi connectivity index (χ1) is 53.6. The Morgan fingerprint density at radius 1 is 0.216 bits per heavy atom. The Morgan fingerprint density at radius 3 is 0.457 bits per heavy atom. The first-order valence-electron chi connectivity index (χ1n) is 33.9. The number of benzene rings is 8. The fourth-order valence-electron chi connectivity index (χ4n) is 10.1. The Hall–Kier alpha value is -12.7. The summed E-state index contributed by atoms with van der Waals surface area (Å²) in [5.41, 5.74) is 7.27. The summed E-state index contributed by atoms with van der Waals surface area (Å²) < 4.78 is 0. The topological polar surface area (TPSA) is 477 Å². The van der Waals surface area contributed by atoms with Crippen molar-refractivity contribution in [3.63, 3.8) is 0 Å². The summed E-state index contributed by atoms with van der Waals surface area (Å²) in [6.45, 7) is 5.39. The minimum atomic E-state index is -1.27. The second kappa shape index (κ2) is 54.1. The molecule has 12 rings (SSSR count). The van der Waals surface area contributed by atoms with E-state index in [1.807, 2.05) is 24.3 Å². The van der Waals surface area contributed by atoms with Gasteiger partial charge >= 0.3 is 71.2 Å². The van der Waals surface area contributed by atoms with Gasteiger partial charge in [-0.2, -0.15) is 0 Å². The molecule has 4 aromatic heterocycles. The van der Waals surface area contributed by atoms with Gasteiger partial charge in [-0.05, 0) is 97.1 Å². The van der Waals surface area contributed by atoms with Gasteiger partial charge < -0.3 is 99.8 Å². The molecule has 0 aliphatic rings. The van der Waals surface area contributed by atoms with Crippen LogP contribution in [0.4, 0.5) is 34.1 Å². The Morgan fingerprint density at radius 2 is 0.345 bits per heavy atom. The number of pyridine rings is 4. The van der Waals surface area contributed by atoms with Crippen molar-refractivity contribution in [3.05, 3.63) is 280 Å². The predicted molar refractivity (Wildman–Crippen MR) is 418 cm³/mol. The number of carboxylic acids is 6. The van der Waals surface area contributed by atoms with Gasteiger partial charge in [0.25, 0.3) is 0 Å². The van der Waals surface area contributed by atoms with E-state index in [2.05, 4.69) is 68.5 Å². The molecule has 0 unspecified atom stereocenters. The van der Waals surface area contributed by atoms with Crippen LogP contribution in [0.15, 0.2) is 280 Å². The molecular formula is C84H80La2N10O20. The summed E-state index contributed by atoms with van der Waals surface area (Å²) in [7, 11) is 0. The monoisotopic (exact) mass is 1830 g/mol. The molecule has 116 heavy (non-hydrogen) atoms. The van der Waals surface area contributed by atoms with Gasteiger partial charge in [0, 0.05) is 122 Å². The third-order valence-electron chi connectivity index (χ3n) is 15.1. The van der Waals surface area contributed by atoms with Crippen LogP contribution in [0.25, 0.3) is 43.6 Å². The van der Waals surface area contributed by atoms with Crippen molar-refractivity contribution in [1.29, 1.82) is 0 Å². The molecule has 0 aliphatic carbocycles. The van der Waals surface area contributed by atoms with Crippen LogP contribution in [-0.2, 0) is 57.5 Å². The number of carbonyl (C=O) groups excluding carboxylic acids is 12. The van der Waals surface area contributed by atoms with Crippen LogP contribution in [0.3, 0.4) is 0 Å². The minimum Gasteiger partial charge on any atom is -0.548 e. The van der Waals surface area contributed by atoms with Crippen molar-refractivity contribution in [1.82, 2.24) is 19.9 Å². The molecule has 592 valence electrons. The first-order valence-corrected chi connectivity index (χ1v) is 33.9. The maximum atomic E-state index is 11.1. The van der Waals surface area contributed by atoms with Gasteiger partial charge in [-0.1, -0.05) is 158 Å². The van der Waals surface area contributed by atoms with E-state index < -0.39 is 75.1 Å². The van der Waals surface area contributed by atoms with E-state index in [9.17, 15) is 88.2 Å². The molecule has 0 bridgehead atoms. The quantitative estimate of drug-likeness (QED) is 0.111. The number of hydrogen-bond donors (Lipinski definition) is 0. The molecule has 4 heterocycles. The maximum absolute atomic E-state index is 11.1. The molecule has 8 aromatic carbocycles. The van der Waals surface area contributed by atoms with Gasteiger partial charge in [0.15, 0.2) is 0 Å². The van der Waals surface area contributed by atoms with Crippen LogP contribution in [0.2, 0.25) is 0 Å². The number of aromatic nitrogens is 4. The molecule has 12 aromatic rings. The van der Waals surface area contributed by atoms with Crippen LogP contribution < -0.4 is 60.0 Å². The van der Waals surface area contributed by atoms with Gasteiger partial charge in [0.1, 0.15) is 0 Å². The van der Waals surface area contributed by atoms with E-state index in [-0.39, 0.29) is 118 Å². The molecule has 0 spiro atoms. The third-order valence-corrected chi connectivity index (χ3v) is 15.1. The number of anilines is 6. The largest absolute Gasteiger partial charge is 3.00 e. The molecule has 0 saturated carbocycles. The number of fused-ring (bicyclic) bond motifs is 6. The van der Waals surface area contributed by atoms with Crippen molar-refractivity contribution in [2.75, 3.05) is 68.7 Å². The number of carboxylic acid groups (broad SMARTS) is 6. The fourth-order valence-corrected chi connectivity index (χ4v) is 10.1. The van der Waals surface area contributed by atoms with Crippen molar-refractivity contribution >= 4 is 149 Å². The summed E-state index contributed by atoms with van der Waals surface area (Å²) in [5, 5.41) is 66.8. The van der Waals surface area contributed by atoms with Crippen LogP contribution in [0.1, 0.15) is 41.5 Å². The second-order valence-corrected chi connectivity index (χ2v) is 23.3. The smallest absolute Gasteiger partial charge is 0.548 e. The van der Waals surface area contributed by atoms with Crippen LogP contribution in [0, 0.1) is 71.2 Å². The summed E-state index contributed by atoms with van der Waals surface area (Å²) in [6, 6.07) is 75.9. The molecule has 4 N–H and O–H groups in total. The Kier molecular flexibility index (Phi) is 47.3. The van der Waals surface area contributed by atoms with Crippen molar-refractivity contribution < 1.29 is 170 Å². The second-order valence-electron chi connectivity index (χ2n) is 23.3. The molecule has 0 atom stereocenters. The average molecular weight is 1830 g/mol. The minimum absolute atomic E-state index is 0. The maximum Gasteiger partial charge on any atom is 3.00 e. The summed E-state index contributed by atoms with van der Waals surface area (Å²) in [6.07, 6.45) is 7.21. The molecule has 6 amide bonds. The van der Waals surface area contributed by atoms with Crippen molar-refractivity contribution in [3.8, 4) is 0 Å². The predicted octanol–water partition coefficient (Wildman–Crippen LogP) is 2.65. The Balaban J connectivity index is 0.000000660. The van der Waals surface area contributed by atoms with Gasteiger partial charge in [0.2, 0.25) is 35.4 Å². The summed E-state index contributed by atoms with van der Waals surface area (Å²) in [5.74, 6) is -9.56. The first kappa shape index (κ1) is 101. The zero-order valence-electron chi connectivity index (χ0n) is 63.8. The van der Waals surface area contributed by atoms with E-state index in [1.165, 1.54) is 41.5 Å². The normalized spacial score (nSPS) is 9.50. The molecule has 0 aliphatic heterocycles. The van der Waals surface area contributed by atoms with E-state index in [4.69, 9.17) is 0 Å². The summed E-state index contributed by atoms with van der Waals surface area (Å²) in [4.78, 5) is 153. The number of nitrogens with zero attached hydrogens (tertiary/aromatic N) is 10. The van der Waals surface area contributed by atoms with E-state index in [0.717, 1.165) is 73.0 Å². The number of para-hydroxylation sites is 6. The average Bonchev–Trinajstić information content (AvgIpc) is 0.801. The van der Waals surface area contributed by atoms with Crippen molar-refractivity contribution in [2.45, 2.75) is 41.5 Å². The SMILES string of the molecule is CC(=O)N(CC(=O)[O-])c1ccccc1.CC(=O)N(CC(=O)[O-])c1ccccc1.CC(=O)N(CC(=O)[O-])c1ccccc1.CC(=O)N(CC(=O)[O-])c1ccccc1.CC(=O)N(CC(=O)[O-])c1ccccc1.CC(=O)N(CC(=O)[O-])c1ccccc1.O.O.[La+3].[La+3].c1cnc2c(c1)ccc1cccnc12.c1cnc2c(c1)ccc1cccnc12. The van der Waals surface area contributed by atoms with Gasteiger partial charge in [-0.15, -0.1) is 0 Å². The van der Waals surface area contributed by atoms with Crippen LogP contribution in [0.5, 0.6) is 0 Å². The summed E-state index contributed by atoms with van der Waals surface area (Å²) >= 11 is 0.